The number of nitrogens with two attached hydrogens (primary N) is 2. The minimum Gasteiger partial charge on any atom is -0.384 e. The predicted molar refractivity (Wildman–Crippen MR) is 78.0 cm³/mol. The first-order chi connectivity index (χ1) is 9.23. The summed E-state index contributed by atoms with van der Waals surface area (Å²) in [6, 6.07) is 3.24. The zero-order chi connectivity index (χ0) is 15.3. The molecule has 1 rings (SSSR count). The minimum absolute atomic E-state index is 0.0706. The number of nitrogens with one attached hydrogen (secondary N) is 1. The van der Waals surface area contributed by atoms with Gasteiger partial charge in [-0.15, -0.1) is 0 Å². The first kappa shape index (κ1) is 15.9. The van der Waals surface area contributed by atoms with E-state index < -0.39 is 11.4 Å². The van der Waals surface area contributed by atoms with E-state index in [-0.39, 0.29) is 12.3 Å². The van der Waals surface area contributed by atoms with Gasteiger partial charge in [0.15, 0.2) is 0 Å². The number of carbonyl (C=O) groups excluding carboxylic acids is 2. The van der Waals surface area contributed by atoms with E-state index in [1.54, 1.807) is 19.9 Å². The molecule has 0 aromatic carbocycles. The summed E-state index contributed by atoms with van der Waals surface area (Å²) >= 11 is 0. The summed E-state index contributed by atoms with van der Waals surface area (Å²) in [4.78, 5) is 27.3. The van der Waals surface area contributed by atoms with Crippen LogP contribution in [0.5, 0.6) is 0 Å². The highest BCUT2D eigenvalue weighted by atomic mass is 16.2. The third kappa shape index (κ3) is 4.87. The standard InChI is InChI=1S/C14H22N4O2/c1-4-5-10-6-9(7-11(15)17-10)13(20)18-14(2,3)8-12(16)19/h6-7H,4-5,8H2,1-3H3,(H2,15,17)(H2,16,19)(H,18,20). The number of hydrogen-bond acceptors (Lipinski definition) is 4. The first-order valence-corrected chi connectivity index (χ1v) is 6.61. The van der Waals surface area contributed by atoms with E-state index >= 15 is 0 Å². The molecule has 1 heterocycles. The monoisotopic (exact) mass is 278 g/mol. The Morgan fingerprint density at radius 2 is 2.00 bits per heavy atom. The van der Waals surface area contributed by atoms with E-state index in [2.05, 4.69) is 10.3 Å². The summed E-state index contributed by atoms with van der Waals surface area (Å²) in [7, 11) is 0. The smallest absolute Gasteiger partial charge is 0.251 e. The highest BCUT2D eigenvalue weighted by Crippen LogP contribution is 2.13. The van der Waals surface area contributed by atoms with Crippen LogP contribution in [-0.4, -0.2) is 22.3 Å². The van der Waals surface area contributed by atoms with Crippen LogP contribution in [0.4, 0.5) is 5.82 Å². The molecule has 1 aromatic heterocycles. The second kappa shape index (κ2) is 6.36. The molecule has 20 heavy (non-hydrogen) atoms. The van der Waals surface area contributed by atoms with Crippen molar-refractivity contribution < 1.29 is 9.59 Å². The molecule has 0 unspecified atom stereocenters. The number of primary amides is 1. The Hall–Kier alpha value is -2.11. The largest absolute Gasteiger partial charge is 0.384 e. The number of aryl methyl sites for hydroxylation is 1. The highest BCUT2D eigenvalue weighted by Gasteiger charge is 2.23. The van der Waals surface area contributed by atoms with Crippen molar-refractivity contribution in [2.75, 3.05) is 5.73 Å². The highest BCUT2D eigenvalue weighted by molar-refractivity contribution is 5.95. The molecular formula is C14H22N4O2. The molecular weight excluding hydrogens is 256 g/mol. The summed E-state index contributed by atoms with van der Waals surface area (Å²) in [6.45, 7) is 5.51. The fourth-order valence-electron chi connectivity index (χ4n) is 1.99. The molecule has 0 aliphatic carbocycles. The van der Waals surface area contributed by atoms with E-state index in [4.69, 9.17) is 11.5 Å². The maximum absolute atomic E-state index is 12.2. The Kier molecular flexibility index (Phi) is 5.07. The van der Waals surface area contributed by atoms with E-state index in [1.807, 2.05) is 6.92 Å². The molecule has 1 aromatic rings. The molecule has 0 fully saturated rings. The molecule has 0 bridgehead atoms. The van der Waals surface area contributed by atoms with Gasteiger partial charge < -0.3 is 16.8 Å². The number of hydrogen-bond donors (Lipinski definition) is 3. The number of aromatic nitrogens is 1. The lowest BCUT2D eigenvalue weighted by Crippen LogP contribution is -2.46. The van der Waals surface area contributed by atoms with Gasteiger partial charge in [0.2, 0.25) is 5.91 Å². The van der Waals surface area contributed by atoms with Crippen LogP contribution in [0, 0.1) is 0 Å². The van der Waals surface area contributed by atoms with Crippen molar-refractivity contribution in [3.63, 3.8) is 0 Å². The molecule has 6 nitrogen and oxygen atoms in total. The number of amides is 2. The van der Waals surface area contributed by atoms with Crippen molar-refractivity contribution in [3.05, 3.63) is 23.4 Å². The van der Waals surface area contributed by atoms with Gasteiger partial charge in [0, 0.05) is 23.2 Å². The Labute approximate surface area is 118 Å². The third-order valence-electron chi connectivity index (χ3n) is 2.73. The zero-order valence-electron chi connectivity index (χ0n) is 12.2. The van der Waals surface area contributed by atoms with Gasteiger partial charge in [0.1, 0.15) is 5.82 Å². The van der Waals surface area contributed by atoms with Crippen LogP contribution in [0.25, 0.3) is 0 Å². The van der Waals surface area contributed by atoms with Gasteiger partial charge in [0.25, 0.3) is 5.91 Å². The molecule has 2 amide bonds. The van der Waals surface area contributed by atoms with Crippen molar-refractivity contribution in [2.24, 2.45) is 5.73 Å². The van der Waals surface area contributed by atoms with Gasteiger partial charge in [0.05, 0.1) is 0 Å². The molecule has 6 heteroatoms. The van der Waals surface area contributed by atoms with E-state index in [0.29, 0.717) is 11.4 Å². The number of rotatable bonds is 6. The van der Waals surface area contributed by atoms with E-state index in [1.165, 1.54) is 6.07 Å². The maximum atomic E-state index is 12.2. The molecule has 0 saturated heterocycles. The summed E-state index contributed by atoms with van der Waals surface area (Å²) in [5.74, 6) is -0.437. The van der Waals surface area contributed by atoms with Crippen molar-refractivity contribution in [1.82, 2.24) is 10.3 Å². The maximum Gasteiger partial charge on any atom is 0.251 e. The molecule has 0 aliphatic rings. The Bertz CT molecular complexity index is 512. The second-order valence-corrected chi connectivity index (χ2v) is 5.50. The summed E-state index contributed by atoms with van der Waals surface area (Å²) in [6.07, 6.45) is 1.75. The van der Waals surface area contributed by atoms with Crippen molar-refractivity contribution in [3.8, 4) is 0 Å². The average Bonchev–Trinajstić information content (AvgIpc) is 2.25. The van der Waals surface area contributed by atoms with Gasteiger partial charge >= 0.3 is 0 Å². The molecule has 0 spiro atoms. The van der Waals surface area contributed by atoms with E-state index in [0.717, 1.165) is 18.5 Å². The molecule has 0 atom stereocenters. The van der Waals surface area contributed by atoms with Crippen LogP contribution in [0.15, 0.2) is 12.1 Å². The number of anilines is 1. The lowest BCUT2D eigenvalue weighted by atomic mass is 9.99. The van der Waals surface area contributed by atoms with Gasteiger partial charge in [-0.25, -0.2) is 4.98 Å². The number of nitrogens with zero attached hydrogens (tertiary/aromatic N) is 1. The minimum atomic E-state index is -0.703. The summed E-state index contributed by atoms with van der Waals surface area (Å²) < 4.78 is 0. The van der Waals surface area contributed by atoms with Gasteiger partial charge in [-0.05, 0) is 32.4 Å². The normalized spacial score (nSPS) is 11.2. The predicted octanol–water partition coefficient (Wildman–Crippen LogP) is 1.00. The van der Waals surface area contributed by atoms with Crippen molar-refractivity contribution >= 4 is 17.6 Å². The lowest BCUT2D eigenvalue weighted by Gasteiger charge is -2.24. The van der Waals surface area contributed by atoms with Crippen LogP contribution in [-0.2, 0) is 11.2 Å². The topological polar surface area (TPSA) is 111 Å². The van der Waals surface area contributed by atoms with Crippen LogP contribution in [0.3, 0.4) is 0 Å². The summed E-state index contributed by atoms with van der Waals surface area (Å²) in [5, 5.41) is 2.78. The number of nitrogen functional groups attached to an aromatic ring is 1. The lowest BCUT2D eigenvalue weighted by molar-refractivity contribution is -0.119. The quantitative estimate of drug-likeness (QED) is 0.720. The fourth-order valence-corrected chi connectivity index (χ4v) is 1.99. The Morgan fingerprint density at radius 1 is 1.35 bits per heavy atom. The Balaban J connectivity index is 2.89. The van der Waals surface area contributed by atoms with Gasteiger partial charge in [-0.3, -0.25) is 9.59 Å². The van der Waals surface area contributed by atoms with Gasteiger partial charge in [-0.1, -0.05) is 13.3 Å². The molecule has 0 radical (unpaired) electrons. The van der Waals surface area contributed by atoms with Crippen molar-refractivity contribution in [2.45, 2.75) is 45.6 Å². The number of carbonyl (C=O) groups is 2. The molecule has 5 N–H and O–H groups in total. The zero-order valence-corrected chi connectivity index (χ0v) is 12.2. The second-order valence-electron chi connectivity index (χ2n) is 5.50. The van der Waals surface area contributed by atoms with Gasteiger partial charge in [-0.2, -0.15) is 0 Å². The molecule has 0 saturated carbocycles. The summed E-state index contributed by atoms with van der Waals surface area (Å²) in [5.41, 5.74) is 11.4. The number of pyridine rings is 1. The molecule has 110 valence electrons. The van der Waals surface area contributed by atoms with Crippen LogP contribution < -0.4 is 16.8 Å². The van der Waals surface area contributed by atoms with Crippen molar-refractivity contribution in [1.29, 1.82) is 0 Å². The first-order valence-electron chi connectivity index (χ1n) is 6.61. The fraction of sp³-hybridized carbons (Fsp3) is 0.500. The van der Waals surface area contributed by atoms with Crippen LogP contribution >= 0.6 is 0 Å². The Morgan fingerprint density at radius 3 is 2.55 bits per heavy atom. The van der Waals surface area contributed by atoms with Crippen LogP contribution in [0.2, 0.25) is 0 Å². The average molecular weight is 278 g/mol. The molecule has 0 aliphatic heterocycles. The van der Waals surface area contributed by atoms with E-state index in [9.17, 15) is 9.59 Å². The van der Waals surface area contributed by atoms with Crippen LogP contribution in [0.1, 0.15) is 49.7 Å². The third-order valence-corrected chi connectivity index (χ3v) is 2.73. The SMILES string of the molecule is CCCc1cc(C(=O)NC(C)(C)CC(N)=O)cc(N)n1.